The predicted molar refractivity (Wildman–Crippen MR) is 96.7 cm³/mol. The number of ether oxygens (including phenoxy) is 2. The van der Waals surface area contributed by atoms with Gasteiger partial charge in [-0.05, 0) is 18.9 Å². The van der Waals surface area contributed by atoms with Crippen molar-refractivity contribution >= 4 is 17.2 Å². The summed E-state index contributed by atoms with van der Waals surface area (Å²) in [5.74, 6) is -2.90. The molecule has 5 nitrogen and oxygen atoms in total. The summed E-state index contributed by atoms with van der Waals surface area (Å²) in [7, 11) is 0. The fraction of sp³-hybridized carbons (Fsp3) is 0.474. The maximum absolute atomic E-state index is 13.7. The molecule has 1 aromatic heterocycles. The van der Waals surface area contributed by atoms with Gasteiger partial charge in [0.15, 0.2) is 11.6 Å². The fourth-order valence-electron chi connectivity index (χ4n) is 3.25. The van der Waals surface area contributed by atoms with Crippen LogP contribution < -0.4 is 4.74 Å². The monoisotopic (exact) mass is 430 g/mol. The lowest BCUT2D eigenvalue weighted by Crippen LogP contribution is -2.45. The van der Waals surface area contributed by atoms with E-state index in [0.717, 1.165) is 18.9 Å². The molecule has 1 aliphatic carbocycles. The van der Waals surface area contributed by atoms with E-state index >= 15 is 0 Å². The van der Waals surface area contributed by atoms with Crippen molar-refractivity contribution < 1.29 is 31.8 Å². The van der Waals surface area contributed by atoms with Gasteiger partial charge in [-0.3, -0.25) is 4.79 Å². The van der Waals surface area contributed by atoms with Crippen molar-refractivity contribution in [2.24, 2.45) is 5.41 Å². The van der Waals surface area contributed by atoms with Gasteiger partial charge >= 0.3 is 6.61 Å². The number of rotatable bonds is 5. The third-order valence-electron chi connectivity index (χ3n) is 5.18. The largest absolute Gasteiger partial charge is 0.434 e. The zero-order valence-corrected chi connectivity index (χ0v) is 16.3. The molecule has 1 saturated heterocycles. The van der Waals surface area contributed by atoms with Gasteiger partial charge in [0.25, 0.3) is 0 Å². The molecule has 10 heteroatoms. The molecular weight excluding hydrogens is 412 g/mol. The van der Waals surface area contributed by atoms with E-state index in [1.54, 1.807) is 4.90 Å². The minimum atomic E-state index is -3.19. The lowest BCUT2D eigenvalue weighted by atomic mass is 10.1. The number of thiazole rings is 1. The Bertz CT molecular complexity index is 932. The third-order valence-corrected chi connectivity index (χ3v) is 6.12. The fourth-order valence-corrected chi connectivity index (χ4v) is 4.11. The number of hydrogen-bond donors (Lipinski definition) is 0. The smallest absolute Gasteiger partial charge is 0.387 e. The van der Waals surface area contributed by atoms with Crippen molar-refractivity contribution in [1.82, 2.24) is 9.88 Å². The minimum Gasteiger partial charge on any atom is -0.434 e. The average molecular weight is 430 g/mol. The highest BCUT2D eigenvalue weighted by Crippen LogP contribution is 2.47. The number of halogens is 4. The highest BCUT2D eigenvalue weighted by molar-refractivity contribution is 7.10. The van der Waals surface area contributed by atoms with E-state index in [0.29, 0.717) is 30.8 Å². The van der Waals surface area contributed by atoms with Gasteiger partial charge in [0, 0.05) is 29.0 Å². The average Bonchev–Trinajstić information content (AvgIpc) is 3.25. The summed E-state index contributed by atoms with van der Waals surface area (Å²) in [4.78, 5) is 18.7. The Morgan fingerprint density at radius 3 is 2.76 bits per heavy atom. The van der Waals surface area contributed by atoms with Crippen molar-refractivity contribution in [3.63, 3.8) is 0 Å². The maximum atomic E-state index is 13.7. The Balaban J connectivity index is 1.57. The van der Waals surface area contributed by atoms with Gasteiger partial charge in [0.2, 0.25) is 5.91 Å². The summed E-state index contributed by atoms with van der Waals surface area (Å²) < 4.78 is 62.5. The molecule has 156 valence electrons. The van der Waals surface area contributed by atoms with Crippen molar-refractivity contribution in [3.05, 3.63) is 34.2 Å². The number of carbonyl (C=O) groups excluding carboxylic acids is 1. The van der Waals surface area contributed by atoms with E-state index in [9.17, 15) is 22.4 Å². The molecule has 0 spiro atoms. The molecule has 0 unspecified atom stereocenters. The van der Waals surface area contributed by atoms with Crippen molar-refractivity contribution in [2.45, 2.75) is 32.5 Å². The lowest BCUT2D eigenvalue weighted by molar-refractivity contribution is -0.144. The summed E-state index contributed by atoms with van der Waals surface area (Å²) in [6, 6.07) is 1.35. The van der Waals surface area contributed by atoms with Crippen LogP contribution in [0.1, 0.15) is 30.9 Å². The second-order valence-corrected chi connectivity index (χ2v) is 8.27. The molecule has 0 bridgehead atoms. The number of carbonyl (C=O) groups is 1. The first-order valence-electron chi connectivity index (χ1n) is 9.07. The van der Waals surface area contributed by atoms with Crippen molar-refractivity contribution in [1.29, 1.82) is 0 Å². The van der Waals surface area contributed by atoms with E-state index < -0.39 is 30.1 Å². The standard InChI is InChI=1S/C19H18F4N2O3S/c1-19(2-3-19)17(26)25-4-5-27-15(8-25)16-24-13(9-29-16)10-6-11(20)12(21)7-14(10)28-18(22)23/h6-7,9,15,18H,2-5,8H2,1H3/t15-/m1/s1. The summed E-state index contributed by atoms with van der Waals surface area (Å²) >= 11 is 1.19. The van der Waals surface area contributed by atoms with Crippen LogP contribution in [0.3, 0.4) is 0 Å². The molecule has 4 rings (SSSR count). The second kappa shape index (κ2) is 7.56. The predicted octanol–water partition coefficient (Wildman–Crippen LogP) is 4.39. The van der Waals surface area contributed by atoms with E-state index in [4.69, 9.17) is 4.74 Å². The van der Waals surface area contributed by atoms with Crippen LogP contribution in [0.2, 0.25) is 0 Å². The van der Waals surface area contributed by atoms with Crippen LogP contribution in [0.5, 0.6) is 5.75 Å². The molecule has 1 saturated carbocycles. The first-order chi connectivity index (χ1) is 13.8. The first-order valence-corrected chi connectivity index (χ1v) is 9.95. The van der Waals surface area contributed by atoms with E-state index in [2.05, 4.69) is 9.72 Å². The minimum absolute atomic E-state index is 0.0825. The van der Waals surface area contributed by atoms with Gasteiger partial charge in [0.05, 0.1) is 18.8 Å². The molecule has 2 fully saturated rings. The number of morpholine rings is 1. The van der Waals surface area contributed by atoms with Crippen LogP contribution in [-0.4, -0.2) is 42.1 Å². The summed E-state index contributed by atoms with van der Waals surface area (Å²) in [6.07, 6.45) is 1.27. The topological polar surface area (TPSA) is 51.7 Å². The van der Waals surface area contributed by atoms with Gasteiger partial charge in [0.1, 0.15) is 16.9 Å². The van der Waals surface area contributed by atoms with Gasteiger partial charge in [-0.15, -0.1) is 11.3 Å². The Kier molecular flexibility index (Phi) is 5.24. The Morgan fingerprint density at radius 1 is 1.34 bits per heavy atom. The SMILES string of the molecule is CC1(C(=O)N2CCO[C@@H](c3nc(-c4cc(F)c(F)cc4OC(F)F)cs3)C2)CC1. The van der Waals surface area contributed by atoms with E-state index in [-0.39, 0.29) is 22.6 Å². The molecule has 2 heterocycles. The molecular formula is C19H18F4N2O3S. The van der Waals surface area contributed by atoms with Gasteiger partial charge in [-0.25, -0.2) is 13.8 Å². The van der Waals surface area contributed by atoms with Gasteiger partial charge < -0.3 is 14.4 Å². The number of amides is 1. The number of aromatic nitrogens is 1. The number of hydrogen-bond acceptors (Lipinski definition) is 5. The van der Waals surface area contributed by atoms with E-state index in [1.807, 2.05) is 6.92 Å². The zero-order chi connectivity index (χ0) is 20.8. The zero-order valence-electron chi connectivity index (χ0n) is 15.5. The van der Waals surface area contributed by atoms with Crippen molar-refractivity contribution in [2.75, 3.05) is 19.7 Å². The van der Waals surface area contributed by atoms with Crippen LogP contribution in [0.25, 0.3) is 11.3 Å². The van der Waals surface area contributed by atoms with Gasteiger partial charge in [-0.2, -0.15) is 8.78 Å². The first kappa shape index (κ1) is 20.1. The Morgan fingerprint density at radius 2 is 2.07 bits per heavy atom. The highest BCUT2D eigenvalue weighted by Gasteiger charge is 2.48. The van der Waals surface area contributed by atoms with E-state index in [1.165, 1.54) is 16.7 Å². The molecule has 0 N–H and O–H groups in total. The molecule has 1 aromatic carbocycles. The lowest BCUT2D eigenvalue weighted by Gasteiger charge is -2.33. The highest BCUT2D eigenvalue weighted by atomic mass is 32.1. The van der Waals surface area contributed by atoms with Crippen LogP contribution in [0.4, 0.5) is 17.6 Å². The van der Waals surface area contributed by atoms with Crippen LogP contribution in [-0.2, 0) is 9.53 Å². The quantitative estimate of drug-likeness (QED) is 0.661. The summed E-state index contributed by atoms with van der Waals surface area (Å²) in [5, 5.41) is 2.05. The Labute approximate surface area is 168 Å². The molecule has 0 radical (unpaired) electrons. The maximum Gasteiger partial charge on any atom is 0.387 e. The van der Waals surface area contributed by atoms with Crippen molar-refractivity contribution in [3.8, 4) is 17.0 Å². The van der Waals surface area contributed by atoms with Gasteiger partial charge in [-0.1, -0.05) is 6.92 Å². The normalized spacial score (nSPS) is 20.8. The number of nitrogens with zero attached hydrogens (tertiary/aromatic N) is 2. The molecule has 1 aliphatic heterocycles. The van der Waals surface area contributed by atoms with Crippen LogP contribution in [0.15, 0.2) is 17.5 Å². The van der Waals surface area contributed by atoms with Crippen LogP contribution >= 0.6 is 11.3 Å². The second-order valence-electron chi connectivity index (χ2n) is 7.38. The number of benzene rings is 1. The number of alkyl halides is 2. The summed E-state index contributed by atoms with van der Waals surface area (Å²) in [6.45, 7) is -0.0683. The third kappa shape index (κ3) is 4.09. The molecule has 29 heavy (non-hydrogen) atoms. The molecule has 1 atom stereocenters. The summed E-state index contributed by atoms with van der Waals surface area (Å²) in [5.41, 5.74) is -0.204. The Hall–Kier alpha value is -2.20. The van der Waals surface area contributed by atoms with Crippen LogP contribution in [0, 0.1) is 17.0 Å². The molecule has 1 amide bonds. The molecule has 2 aromatic rings. The molecule has 2 aliphatic rings.